The minimum atomic E-state index is -0.578. The predicted molar refractivity (Wildman–Crippen MR) is 80.1 cm³/mol. The van der Waals surface area contributed by atoms with E-state index in [0.717, 1.165) is 51.7 Å². The van der Waals surface area contributed by atoms with Gasteiger partial charge in [0.05, 0.1) is 11.6 Å². The molecule has 0 saturated carbocycles. The summed E-state index contributed by atoms with van der Waals surface area (Å²) in [6, 6.07) is 0. The third-order valence-corrected chi connectivity index (χ3v) is 3.48. The Balaban J connectivity index is 3.84. The molecule has 0 aliphatic rings. The predicted octanol–water partition coefficient (Wildman–Crippen LogP) is 2.61. The standard InChI is InChI=1S/C15H32N2O2/c1-5-9-13(3)19-12-8-7-10-15(4,14(16)18)17-11-6-2/h13,17H,5-12H2,1-4H3,(H2,16,18). The second-order valence-corrected chi connectivity index (χ2v) is 5.55. The van der Waals surface area contributed by atoms with Crippen molar-refractivity contribution >= 4 is 5.91 Å². The molecule has 0 saturated heterocycles. The molecule has 0 aliphatic carbocycles. The van der Waals surface area contributed by atoms with Gasteiger partial charge in [0.15, 0.2) is 0 Å². The first-order valence-corrected chi connectivity index (χ1v) is 7.62. The molecular formula is C15H32N2O2. The minimum absolute atomic E-state index is 0.263. The lowest BCUT2D eigenvalue weighted by Gasteiger charge is -2.27. The van der Waals surface area contributed by atoms with Crippen LogP contribution in [0.4, 0.5) is 0 Å². The molecule has 0 fully saturated rings. The lowest BCUT2D eigenvalue weighted by atomic mass is 9.94. The summed E-state index contributed by atoms with van der Waals surface area (Å²) in [5.41, 5.74) is 4.90. The van der Waals surface area contributed by atoms with E-state index in [1.807, 2.05) is 6.92 Å². The molecule has 0 aliphatic heterocycles. The van der Waals surface area contributed by atoms with Gasteiger partial charge in [-0.2, -0.15) is 0 Å². The molecule has 0 radical (unpaired) electrons. The van der Waals surface area contributed by atoms with Crippen LogP contribution in [-0.4, -0.2) is 30.7 Å². The number of primary amides is 1. The Bertz CT molecular complexity index is 246. The minimum Gasteiger partial charge on any atom is -0.379 e. The summed E-state index contributed by atoms with van der Waals surface area (Å²) in [6.45, 7) is 9.84. The van der Waals surface area contributed by atoms with Crippen LogP contribution in [-0.2, 0) is 9.53 Å². The maximum atomic E-state index is 11.5. The fourth-order valence-electron chi connectivity index (χ4n) is 2.05. The van der Waals surface area contributed by atoms with E-state index >= 15 is 0 Å². The molecular weight excluding hydrogens is 240 g/mol. The van der Waals surface area contributed by atoms with Crippen LogP contribution in [0.3, 0.4) is 0 Å². The lowest BCUT2D eigenvalue weighted by Crippen LogP contribution is -2.53. The molecule has 4 nitrogen and oxygen atoms in total. The highest BCUT2D eigenvalue weighted by Crippen LogP contribution is 2.14. The summed E-state index contributed by atoms with van der Waals surface area (Å²) in [4.78, 5) is 11.5. The van der Waals surface area contributed by atoms with Gasteiger partial charge in [-0.1, -0.05) is 20.3 Å². The molecule has 2 atom stereocenters. The Kier molecular flexibility index (Phi) is 9.88. The smallest absolute Gasteiger partial charge is 0.237 e. The van der Waals surface area contributed by atoms with E-state index in [-0.39, 0.29) is 5.91 Å². The van der Waals surface area contributed by atoms with Crippen LogP contribution in [0.15, 0.2) is 0 Å². The van der Waals surface area contributed by atoms with Crippen molar-refractivity contribution in [2.24, 2.45) is 5.73 Å². The molecule has 1 amide bonds. The van der Waals surface area contributed by atoms with Crippen LogP contribution in [0.1, 0.15) is 66.2 Å². The number of carbonyl (C=O) groups excluding carboxylic acids is 1. The van der Waals surface area contributed by atoms with Crippen molar-refractivity contribution in [2.75, 3.05) is 13.2 Å². The molecule has 3 N–H and O–H groups in total. The number of ether oxygens (including phenoxy) is 1. The molecule has 2 unspecified atom stereocenters. The molecule has 0 aromatic rings. The van der Waals surface area contributed by atoms with Crippen LogP contribution >= 0.6 is 0 Å². The van der Waals surface area contributed by atoms with Gasteiger partial charge in [-0.25, -0.2) is 0 Å². The Morgan fingerprint density at radius 1 is 1.32 bits per heavy atom. The van der Waals surface area contributed by atoms with Crippen LogP contribution in [0, 0.1) is 0 Å². The Labute approximate surface area is 118 Å². The number of amides is 1. The number of nitrogens with one attached hydrogen (secondary N) is 1. The second kappa shape index (κ2) is 10.2. The normalized spacial score (nSPS) is 16.0. The summed E-state index contributed by atoms with van der Waals surface area (Å²) in [5.74, 6) is -0.263. The molecule has 0 spiro atoms. The third-order valence-electron chi connectivity index (χ3n) is 3.48. The summed E-state index contributed by atoms with van der Waals surface area (Å²) in [7, 11) is 0. The fourth-order valence-corrected chi connectivity index (χ4v) is 2.05. The van der Waals surface area contributed by atoms with Crippen LogP contribution in [0.5, 0.6) is 0 Å². The number of hydrogen-bond acceptors (Lipinski definition) is 3. The summed E-state index contributed by atoms with van der Waals surface area (Å²) in [6.07, 6.45) is 6.30. The van der Waals surface area contributed by atoms with E-state index in [1.165, 1.54) is 0 Å². The molecule has 0 bridgehead atoms. The van der Waals surface area contributed by atoms with E-state index in [2.05, 4.69) is 26.1 Å². The molecule has 0 aromatic carbocycles. The SMILES string of the molecule is CCCNC(C)(CCCCOC(C)CCC)C(N)=O. The zero-order valence-corrected chi connectivity index (χ0v) is 13.1. The van der Waals surface area contributed by atoms with E-state index in [9.17, 15) is 4.79 Å². The van der Waals surface area contributed by atoms with Crippen molar-refractivity contribution < 1.29 is 9.53 Å². The molecule has 0 aromatic heterocycles. The van der Waals surface area contributed by atoms with Crippen LogP contribution in [0.25, 0.3) is 0 Å². The van der Waals surface area contributed by atoms with Crippen LogP contribution < -0.4 is 11.1 Å². The topological polar surface area (TPSA) is 64.3 Å². The largest absolute Gasteiger partial charge is 0.379 e. The lowest BCUT2D eigenvalue weighted by molar-refractivity contribution is -0.124. The Morgan fingerprint density at radius 3 is 2.53 bits per heavy atom. The monoisotopic (exact) mass is 272 g/mol. The van der Waals surface area contributed by atoms with E-state index < -0.39 is 5.54 Å². The van der Waals surface area contributed by atoms with E-state index in [0.29, 0.717) is 6.10 Å². The number of carbonyl (C=O) groups is 1. The summed E-state index contributed by atoms with van der Waals surface area (Å²) >= 11 is 0. The summed E-state index contributed by atoms with van der Waals surface area (Å²) in [5, 5.41) is 3.25. The highest BCUT2D eigenvalue weighted by Gasteiger charge is 2.29. The van der Waals surface area contributed by atoms with Gasteiger partial charge < -0.3 is 15.8 Å². The first-order valence-electron chi connectivity index (χ1n) is 7.62. The zero-order chi connectivity index (χ0) is 14.7. The maximum absolute atomic E-state index is 11.5. The number of nitrogens with two attached hydrogens (primary N) is 1. The fraction of sp³-hybridized carbons (Fsp3) is 0.933. The second-order valence-electron chi connectivity index (χ2n) is 5.55. The van der Waals surface area contributed by atoms with Crippen molar-refractivity contribution in [1.82, 2.24) is 5.32 Å². The van der Waals surface area contributed by atoms with Gasteiger partial charge in [-0.05, 0) is 52.5 Å². The van der Waals surface area contributed by atoms with Gasteiger partial charge in [0.1, 0.15) is 0 Å². The molecule has 0 heterocycles. The van der Waals surface area contributed by atoms with Gasteiger partial charge in [0.25, 0.3) is 0 Å². The molecule has 19 heavy (non-hydrogen) atoms. The number of hydrogen-bond donors (Lipinski definition) is 2. The Hall–Kier alpha value is -0.610. The van der Waals surface area contributed by atoms with Crippen LogP contribution in [0.2, 0.25) is 0 Å². The van der Waals surface area contributed by atoms with Crippen molar-refractivity contribution in [3.05, 3.63) is 0 Å². The Morgan fingerprint density at radius 2 is 2.00 bits per heavy atom. The quantitative estimate of drug-likeness (QED) is 0.537. The highest BCUT2D eigenvalue weighted by atomic mass is 16.5. The van der Waals surface area contributed by atoms with Crippen molar-refractivity contribution in [3.8, 4) is 0 Å². The number of rotatable bonds is 12. The zero-order valence-electron chi connectivity index (χ0n) is 13.1. The average Bonchev–Trinajstić information content (AvgIpc) is 2.36. The van der Waals surface area contributed by atoms with Gasteiger partial charge >= 0.3 is 0 Å². The van der Waals surface area contributed by atoms with Gasteiger partial charge in [-0.3, -0.25) is 4.79 Å². The van der Waals surface area contributed by atoms with Crippen molar-refractivity contribution in [2.45, 2.75) is 77.9 Å². The summed E-state index contributed by atoms with van der Waals surface area (Å²) < 4.78 is 5.70. The van der Waals surface area contributed by atoms with E-state index in [4.69, 9.17) is 10.5 Å². The van der Waals surface area contributed by atoms with Crippen molar-refractivity contribution in [1.29, 1.82) is 0 Å². The first-order chi connectivity index (χ1) is 8.96. The van der Waals surface area contributed by atoms with E-state index in [1.54, 1.807) is 0 Å². The van der Waals surface area contributed by atoms with Gasteiger partial charge in [0.2, 0.25) is 5.91 Å². The third kappa shape index (κ3) is 8.22. The molecule has 114 valence electrons. The molecule has 0 rings (SSSR count). The average molecular weight is 272 g/mol. The maximum Gasteiger partial charge on any atom is 0.237 e. The molecule has 4 heteroatoms. The van der Waals surface area contributed by atoms with Gasteiger partial charge in [-0.15, -0.1) is 0 Å². The first kappa shape index (κ1) is 18.4. The number of unbranched alkanes of at least 4 members (excludes halogenated alkanes) is 1. The van der Waals surface area contributed by atoms with Gasteiger partial charge in [0, 0.05) is 6.61 Å². The highest BCUT2D eigenvalue weighted by molar-refractivity contribution is 5.84. The van der Waals surface area contributed by atoms with Crippen molar-refractivity contribution in [3.63, 3.8) is 0 Å².